The van der Waals surface area contributed by atoms with E-state index in [4.69, 9.17) is 0 Å². The van der Waals surface area contributed by atoms with Gasteiger partial charge in [-0.25, -0.2) is 0 Å². The lowest BCUT2D eigenvalue weighted by Crippen LogP contribution is -2.28. The summed E-state index contributed by atoms with van der Waals surface area (Å²) in [5, 5.41) is 2.42. The molecule has 0 aliphatic heterocycles. The lowest BCUT2D eigenvalue weighted by atomic mass is 9.67. The maximum atomic E-state index is 2.51. The van der Waals surface area contributed by atoms with Gasteiger partial charge in [0.25, 0.3) is 0 Å². The molecule has 0 bridgehead atoms. The molecule has 1 nitrogen and oxygen atoms in total. The molecule has 0 heterocycles. The fourth-order valence-corrected chi connectivity index (χ4v) is 9.69. The summed E-state index contributed by atoms with van der Waals surface area (Å²) >= 11 is 0. The highest BCUT2D eigenvalue weighted by Gasteiger charge is 2.46. The Morgan fingerprint density at radius 1 is 0.300 bits per heavy atom. The summed E-state index contributed by atoms with van der Waals surface area (Å²) in [5.41, 5.74) is 17.4. The molecule has 0 amide bonds. The molecule has 0 unspecified atom stereocenters. The van der Waals surface area contributed by atoms with E-state index in [2.05, 4.69) is 254 Å². The minimum absolute atomic E-state index is 0.539. The van der Waals surface area contributed by atoms with Crippen LogP contribution in [-0.4, -0.2) is 0 Å². The first-order valence-corrected chi connectivity index (χ1v) is 20.8. The van der Waals surface area contributed by atoms with Gasteiger partial charge in [0.1, 0.15) is 0 Å². The van der Waals surface area contributed by atoms with Crippen molar-refractivity contribution < 1.29 is 0 Å². The Balaban J connectivity index is 1.25. The summed E-state index contributed by atoms with van der Waals surface area (Å²) in [5.74, 6) is 0. The Labute approximate surface area is 352 Å². The summed E-state index contributed by atoms with van der Waals surface area (Å²) < 4.78 is 0. The number of hydrogen-bond acceptors (Lipinski definition) is 1. The van der Waals surface area contributed by atoms with E-state index in [1.165, 1.54) is 66.4 Å². The highest BCUT2D eigenvalue weighted by molar-refractivity contribution is 6.06. The van der Waals surface area contributed by atoms with Gasteiger partial charge in [-0.3, -0.25) is 0 Å². The molecule has 0 saturated carbocycles. The van der Waals surface area contributed by atoms with Crippen molar-refractivity contribution in [3.05, 3.63) is 271 Å². The zero-order valence-corrected chi connectivity index (χ0v) is 33.1. The number of rotatable bonds is 8. The van der Waals surface area contributed by atoms with Crippen molar-refractivity contribution in [3.63, 3.8) is 0 Å². The van der Waals surface area contributed by atoms with Crippen molar-refractivity contribution in [2.24, 2.45) is 0 Å². The molecule has 1 aliphatic rings. The van der Waals surface area contributed by atoms with Crippen LogP contribution in [0.2, 0.25) is 0 Å². The molecule has 1 aliphatic carbocycles. The van der Waals surface area contributed by atoms with E-state index >= 15 is 0 Å². The maximum Gasteiger partial charge on any atom is 0.0714 e. The Kier molecular flexibility index (Phi) is 8.79. The van der Waals surface area contributed by atoms with Crippen molar-refractivity contribution >= 4 is 27.8 Å². The van der Waals surface area contributed by atoms with Crippen molar-refractivity contribution in [1.82, 2.24) is 0 Å². The van der Waals surface area contributed by atoms with E-state index in [0.717, 1.165) is 28.2 Å². The molecule has 0 fully saturated rings. The molecule has 0 atom stereocenters. The predicted molar refractivity (Wildman–Crippen MR) is 252 cm³/mol. The van der Waals surface area contributed by atoms with Gasteiger partial charge in [0, 0.05) is 16.9 Å². The summed E-state index contributed by atoms with van der Waals surface area (Å²) in [7, 11) is 0. The van der Waals surface area contributed by atoms with Crippen LogP contribution >= 0.6 is 0 Å². The van der Waals surface area contributed by atoms with Crippen LogP contribution in [0.1, 0.15) is 22.3 Å². The van der Waals surface area contributed by atoms with Gasteiger partial charge < -0.3 is 4.90 Å². The molecule has 0 saturated heterocycles. The largest absolute Gasteiger partial charge is 0.310 e. The minimum Gasteiger partial charge on any atom is -0.310 e. The van der Waals surface area contributed by atoms with Crippen LogP contribution in [0.3, 0.4) is 0 Å². The van der Waals surface area contributed by atoms with E-state index in [-0.39, 0.29) is 0 Å². The molecule has 0 spiro atoms. The Bertz CT molecular complexity index is 3020. The molecule has 10 aromatic rings. The Morgan fingerprint density at radius 2 is 0.800 bits per heavy atom. The molecule has 282 valence electrons. The molecular weight excluding hydrogens is 723 g/mol. The van der Waals surface area contributed by atoms with Gasteiger partial charge in [-0.2, -0.15) is 0 Å². The highest BCUT2D eigenvalue weighted by Crippen LogP contribution is 2.58. The van der Waals surface area contributed by atoms with E-state index in [1.54, 1.807) is 0 Å². The fraction of sp³-hybridized carbons (Fsp3) is 0.0169. The third-order valence-corrected chi connectivity index (χ3v) is 12.3. The first-order chi connectivity index (χ1) is 29.8. The zero-order chi connectivity index (χ0) is 39.9. The predicted octanol–water partition coefficient (Wildman–Crippen LogP) is 15.7. The number of anilines is 3. The fourth-order valence-electron chi connectivity index (χ4n) is 9.69. The number of hydrogen-bond donors (Lipinski definition) is 0. The van der Waals surface area contributed by atoms with Crippen LogP contribution in [0, 0.1) is 0 Å². The zero-order valence-electron chi connectivity index (χ0n) is 33.1. The molecule has 0 radical (unpaired) electrons. The van der Waals surface area contributed by atoms with E-state index in [0.29, 0.717) is 0 Å². The normalized spacial score (nSPS) is 12.5. The highest BCUT2D eigenvalue weighted by atomic mass is 15.1. The van der Waals surface area contributed by atoms with E-state index in [1.807, 2.05) is 0 Å². The van der Waals surface area contributed by atoms with Gasteiger partial charge in [0.2, 0.25) is 0 Å². The summed E-state index contributed by atoms with van der Waals surface area (Å²) in [6.07, 6.45) is 0. The third kappa shape index (κ3) is 5.86. The monoisotopic (exact) mass is 763 g/mol. The van der Waals surface area contributed by atoms with Crippen LogP contribution in [0.5, 0.6) is 0 Å². The summed E-state index contributed by atoms with van der Waals surface area (Å²) in [6.45, 7) is 0. The molecular formula is C59H41N. The van der Waals surface area contributed by atoms with Crippen molar-refractivity contribution in [2.45, 2.75) is 5.41 Å². The quantitative estimate of drug-likeness (QED) is 0.149. The van der Waals surface area contributed by atoms with Gasteiger partial charge in [0.05, 0.1) is 11.1 Å². The second-order valence-corrected chi connectivity index (χ2v) is 15.6. The second kappa shape index (κ2) is 14.9. The van der Waals surface area contributed by atoms with Crippen LogP contribution in [0.4, 0.5) is 17.1 Å². The van der Waals surface area contributed by atoms with Crippen LogP contribution < -0.4 is 4.90 Å². The van der Waals surface area contributed by atoms with Crippen LogP contribution in [-0.2, 0) is 5.41 Å². The molecule has 10 aromatic carbocycles. The van der Waals surface area contributed by atoms with Gasteiger partial charge in [-0.1, -0.05) is 212 Å². The molecule has 60 heavy (non-hydrogen) atoms. The van der Waals surface area contributed by atoms with Gasteiger partial charge in [-0.15, -0.1) is 0 Å². The molecule has 0 N–H and O–H groups in total. The first-order valence-electron chi connectivity index (χ1n) is 20.8. The van der Waals surface area contributed by atoms with Gasteiger partial charge >= 0.3 is 0 Å². The van der Waals surface area contributed by atoms with Crippen molar-refractivity contribution in [3.8, 4) is 44.5 Å². The van der Waals surface area contributed by atoms with E-state index in [9.17, 15) is 0 Å². The smallest absolute Gasteiger partial charge is 0.0714 e. The van der Waals surface area contributed by atoms with E-state index < -0.39 is 5.41 Å². The lowest BCUT2D eigenvalue weighted by molar-refractivity contribution is 0.768. The average molecular weight is 764 g/mol. The van der Waals surface area contributed by atoms with Crippen molar-refractivity contribution in [1.29, 1.82) is 0 Å². The minimum atomic E-state index is -0.539. The number of nitrogens with zero attached hydrogens (tertiary/aromatic N) is 1. The lowest BCUT2D eigenvalue weighted by Gasteiger charge is -2.35. The Morgan fingerprint density at radius 3 is 1.42 bits per heavy atom. The second-order valence-electron chi connectivity index (χ2n) is 15.6. The van der Waals surface area contributed by atoms with Gasteiger partial charge in [0.15, 0.2) is 0 Å². The summed E-state index contributed by atoms with van der Waals surface area (Å²) in [6, 6.07) is 91.3. The third-order valence-electron chi connectivity index (χ3n) is 12.3. The average Bonchev–Trinajstić information content (AvgIpc) is 3.63. The SMILES string of the molecule is c1ccc(-c2cc(-c3ccccc3)cc(N(c3ccc4c(c3)C(c3ccccc3)(c3ccccc3)c3ccccc3-4)c3ccc4ccccc4c3-c3ccccc3)c2)cc1. The number of fused-ring (bicyclic) bond motifs is 4. The van der Waals surface area contributed by atoms with Crippen LogP contribution in [0.15, 0.2) is 249 Å². The van der Waals surface area contributed by atoms with Crippen molar-refractivity contribution in [2.75, 3.05) is 4.90 Å². The Hall–Kier alpha value is -7.74. The number of benzene rings is 10. The van der Waals surface area contributed by atoms with Crippen LogP contribution in [0.25, 0.3) is 55.3 Å². The molecule has 1 heteroatoms. The standard InChI is InChI=1S/C59H41N/c1-6-20-42(21-7-1)46-38-47(43-22-8-2-9-23-43)40-51(39-46)60(57-37-34-44-24-16-17-31-52(44)58(57)45-25-10-3-11-26-45)50-35-36-54-53-32-18-19-33-55(53)59(56(54)41-50,48-27-12-4-13-28-48)49-29-14-5-15-30-49/h1-41H. The van der Waals surface area contributed by atoms with Gasteiger partial charge in [-0.05, 0) is 108 Å². The first kappa shape index (κ1) is 35.4. The molecule has 11 rings (SSSR count). The topological polar surface area (TPSA) is 3.24 Å². The molecule has 0 aromatic heterocycles. The maximum absolute atomic E-state index is 2.51. The summed E-state index contributed by atoms with van der Waals surface area (Å²) in [4.78, 5) is 2.51.